The van der Waals surface area contributed by atoms with Gasteiger partial charge in [-0.3, -0.25) is 14.7 Å². The normalized spacial score (nSPS) is 27.3. The van der Waals surface area contributed by atoms with E-state index < -0.39 is 0 Å². The number of ether oxygens (including phenoxy) is 1. The molecule has 3 aromatic rings. The molecule has 3 unspecified atom stereocenters. The number of amides is 1. The molecule has 6 rings (SSSR count). The number of nitrogens with one attached hydrogen (secondary N) is 1. The average molecular weight is 471 g/mol. The lowest BCUT2D eigenvalue weighted by molar-refractivity contribution is -0.117. The molecule has 3 atom stereocenters. The molecule has 1 amide bonds. The topological polar surface area (TPSA) is 67.4 Å². The van der Waals surface area contributed by atoms with Crippen LogP contribution in [0.25, 0.3) is 10.8 Å². The molecule has 0 spiro atoms. The first-order valence-corrected chi connectivity index (χ1v) is 13.0. The van der Waals surface area contributed by atoms with Crippen LogP contribution in [0.4, 0.5) is 5.82 Å². The fourth-order valence-electron chi connectivity index (χ4n) is 6.10. The highest BCUT2D eigenvalue weighted by atomic mass is 16.5. The highest BCUT2D eigenvalue weighted by Crippen LogP contribution is 2.47. The molecule has 2 aromatic heterocycles. The average Bonchev–Trinajstić information content (AvgIpc) is 3.57. The van der Waals surface area contributed by atoms with Crippen molar-refractivity contribution in [2.45, 2.75) is 56.9 Å². The second-order valence-electron chi connectivity index (χ2n) is 10.9. The molecule has 1 N–H and O–H groups in total. The van der Waals surface area contributed by atoms with Gasteiger partial charge in [-0.2, -0.15) is 0 Å². The summed E-state index contributed by atoms with van der Waals surface area (Å²) in [5, 5.41) is 5.32. The summed E-state index contributed by atoms with van der Waals surface area (Å²) in [7, 11) is 0. The first kappa shape index (κ1) is 22.6. The van der Waals surface area contributed by atoms with Crippen molar-refractivity contribution in [3.63, 3.8) is 0 Å². The third kappa shape index (κ3) is 4.45. The number of fused-ring (bicyclic) bond motifs is 1. The number of piperidine rings is 1. The Labute approximate surface area is 207 Å². The van der Waals surface area contributed by atoms with E-state index in [0.29, 0.717) is 11.7 Å². The summed E-state index contributed by atoms with van der Waals surface area (Å²) in [6, 6.07) is 12.5. The van der Waals surface area contributed by atoms with Gasteiger partial charge in [0.15, 0.2) is 0 Å². The Morgan fingerprint density at radius 2 is 2.00 bits per heavy atom. The number of benzene rings is 1. The molecule has 3 fully saturated rings. The van der Waals surface area contributed by atoms with Crippen LogP contribution >= 0.6 is 0 Å². The molecule has 4 heterocycles. The van der Waals surface area contributed by atoms with Gasteiger partial charge < -0.3 is 10.1 Å². The number of carbonyl (C=O) groups is 1. The molecule has 182 valence electrons. The van der Waals surface area contributed by atoms with Gasteiger partial charge in [0.1, 0.15) is 5.82 Å². The van der Waals surface area contributed by atoms with E-state index in [-0.39, 0.29) is 23.3 Å². The van der Waals surface area contributed by atoms with E-state index >= 15 is 0 Å². The lowest BCUT2D eigenvalue weighted by atomic mass is 9.84. The van der Waals surface area contributed by atoms with Crippen LogP contribution in [0.2, 0.25) is 0 Å². The van der Waals surface area contributed by atoms with Gasteiger partial charge in [-0.1, -0.05) is 12.1 Å². The molecule has 0 radical (unpaired) electrons. The summed E-state index contributed by atoms with van der Waals surface area (Å²) >= 11 is 0. The molecule has 0 bridgehead atoms. The van der Waals surface area contributed by atoms with Crippen molar-refractivity contribution in [2.75, 3.05) is 31.6 Å². The van der Waals surface area contributed by atoms with Gasteiger partial charge in [-0.25, -0.2) is 4.98 Å². The van der Waals surface area contributed by atoms with Crippen molar-refractivity contribution >= 4 is 22.5 Å². The number of likely N-dealkylation sites (tertiary alicyclic amines) is 1. The molecule has 6 heteroatoms. The minimum Gasteiger partial charge on any atom is -0.379 e. The Morgan fingerprint density at radius 3 is 2.74 bits per heavy atom. The maximum atomic E-state index is 12.8. The first-order chi connectivity index (χ1) is 17.0. The highest BCUT2D eigenvalue weighted by Gasteiger charge is 2.45. The van der Waals surface area contributed by atoms with E-state index in [1.54, 1.807) is 6.20 Å². The van der Waals surface area contributed by atoms with Gasteiger partial charge in [-0.15, -0.1) is 0 Å². The van der Waals surface area contributed by atoms with Gasteiger partial charge in [-0.05, 0) is 99.3 Å². The number of anilines is 1. The summed E-state index contributed by atoms with van der Waals surface area (Å²) in [6.45, 7) is 8.56. The SMILES string of the molecule is Cc1cc2cnc(NC(=O)C3CC3c3ccccn3)cc2cc1C1CCN(C2(C)CCOC2)CC1. The number of carbonyl (C=O) groups excluding carboxylic acids is 1. The lowest BCUT2D eigenvalue weighted by Crippen LogP contribution is -2.50. The monoisotopic (exact) mass is 470 g/mol. The van der Waals surface area contributed by atoms with Gasteiger partial charge in [0.25, 0.3) is 0 Å². The molecule has 1 saturated carbocycles. The molecule has 6 nitrogen and oxygen atoms in total. The largest absolute Gasteiger partial charge is 0.379 e. The zero-order valence-electron chi connectivity index (χ0n) is 20.7. The number of nitrogens with zero attached hydrogens (tertiary/aromatic N) is 3. The van der Waals surface area contributed by atoms with E-state index in [0.717, 1.165) is 55.6 Å². The molecule has 1 aliphatic carbocycles. The quantitative estimate of drug-likeness (QED) is 0.566. The summed E-state index contributed by atoms with van der Waals surface area (Å²) in [4.78, 5) is 24.4. The number of aryl methyl sites for hydroxylation is 1. The molecular formula is C29H34N4O2. The van der Waals surface area contributed by atoms with E-state index in [2.05, 4.69) is 46.2 Å². The Bertz CT molecular complexity index is 1230. The van der Waals surface area contributed by atoms with E-state index in [1.807, 2.05) is 30.5 Å². The Kier molecular flexibility index (Phi) is 5.81. The first-order valence-electron chi connectivity index (χ1n) is 13.0. The summed E-state index contributed by atoms with van der Waals surface area (Å²) < 4.78 is 5.70. The zero-order chi connectivity index (χ0) is 24.0. The number of pyridine rings is 2. The highest BCUT2D eigenvalue weighted by molar-refractivity contribution is 5.96. The van der Waals surface area contributed by atoms with Gasteiger partial charge in [0.05, 0.1) is 6.61 Å². The number of hydrogen-bond acceptors (Lipinski definition) is 5. The van der Waals surface area contributed by atoms with Gasteiger partial charge in [0, 0.05) is 47.5 Å². The van der Waals surface area contributed by atoms with Crippen LogP contribution in [-0.4, -0.2) is 52.6 Å². The molecule has 2 aliphatic heterocycles. The van der Waals surface area contributed by atoms with Crippen molar-refractivity contribution in [1.82, 2.24) is 14.9 Å². The van der Waals surface area contributed by atoms with E-state index in [1.165, 1.54) is 24.0 Å². The molecule has 3 aliphatic rings. The predicted octanol–water partition coefficient (Wildman–Crippen LogP) is 5.04. The zero-order valence-corrected chi connectivity index (χ0v) is 20.7. The van der Waals surface area contributed by atoms with E-state index in [9.17, 15) is 4.79 Å². The standard InChI is InChI=1S/C29H34N4O2/c1-19-13-22-17-31-27(32-28(34)25-16-24(25)26-5-3-4-9-30-26)15-21(22)14-23(19)20-6-10-33(11-7-20)29(2)8-12-35-18-29/h3-5,9,13-15,17,20,24-25H,6-8,10-12,16,18H2,1-2H3,(H,31,32,34). The molecular weight excluding hydrogens is 436 g/mol. The smallest absolute Gasteiger partial charge is 0.229 e. The van der Waals surface area contributed by atoms with Crippen molar-refractivity contribution in [2.24, 2.45) is 5.92 Å². The van der Waals surface area contributed by atoms with Crippen LogP contribution in [0.3, 0.4) is 0 Å². The lowest BCUT2D eigenvalue weighted by Gasteiger charge is -2.42. The van der Waals surface area contributed by atoms with Crippen LogP contribution in [-0.2, 0) is 9.53 Å². The Morgan fingerprint density at radius 1 is 1.14 bits per heavy atom. The van der Waals surface area contributed by atoms with Crippen LogP contribution in [0, 0.1) is 12.8 Å². The molecule has 35 heavy (non-hydrogen) atoms. The van der Waals surface area contributed by atoms with Crippen LogP contribution in [0.1, 0.15) is 61.3 Å². The summed E-state index contributed by atoms with van der Waals surface area (Å²) in [6.07, 6.45) is 8.01. The minimum absolute atomic E-state index is 0.0201. The van der Waals surface area contributed by atoms with Gasteiger partial charge in [0.2, 0.25) is 5.91 Å². The third-order valence-corrected chi connectivity index (χ3v) is 8.45. The van der Waals surface area contributed by atoms with Crippen molar-refractivity contribution < 1.29 is 9.53 Å². The Hall–Kier alpha value is -2.83. The van der Waals surface area contributed by atoms with Crippen LogP contribution in [0.15, 0.2) is 48.8 Å². The fraction of sp³-hybridized carbons (Fsp3) is 0.483. The van der Waals surface area contributed by atoms with E-state index in [4.69, 9.17) is 4.74 Å². The fourth-order valence-corrected chi connectivity index (χ4v) is 6.10. The van der Waals surface area contributed by atoms with Crippen molar-refractivity contribution in [1.29, 1.82) is 0 Å². The van der Waals surface area contributed by atoms with Crippen LogP contribution in [0.5, 0.6) is 0 Å². The third-order valence-electron chi connectivity index (χ3n) is 8.45. The number of aromatic nitrogens is 2. The maximum absolute atomic E-state index is 12.8. The van der Waals surface area contributed by atoms with Crippen LogP contribution < -0.4 is 5.32 Å². The van der Waals surface area contributed by atoms with Gasteiger partial charge >= 0.3 is 0 Å². The number of rotatable bonds is 5. The summed E-state index contributed by atoms with van der Waals surface area (Å²) in [5.41, 5.74) is 3.98. The second kappa shape index (κ2) is 8.99. The maximum Gasteiger partial charge on any atom is 0.229 e. The second-order valence-corrected chi connectivity index (χ2v) is 10.9. The minimum atomic E-state index is -0.0201. The molecule has 1 aromatic carbocycles. The van der Waals surface area contributed by atoms with Crippen molar-refractivity contribution in [3.05, 3.63) is 65.6 Å². The Balaban J connectivity index is 1.15. The molecule has 2 saturated heterocycles. The van der Waals surface area contributed by atoms with Crippen molar-refractivity contribution in [3.8, 4) is 0 Å². The predicted molar refractivity (Wildman–Crippen MR) is 138 cm³/mol. The number of hydrogen-bond donors (Lipinski definition) is 1. The summed E-state index contributed by atoms with van der Waals surface area (Å²) in [5.74, 6) is 1.44.